The zero-order valence-corrected chi connectivity index (χ0v) is 12.5. The molecule has 4 heteroatoms. The molecule has 0 aliphatic heterocycles. The Labute approximate surface area is 124 Å². The molecule has 1 aromatic carbocycles. The molecular weight excluding hydrogens is 262 g/mol. The molecule has 0 amide bonds. The number of fused-ring (bicyclic) bond motifs is 1. The molecule has 3 rings (SSSR count). The van der Waals surface area contributed by atoms with Crippen molar-refractivity contribution in [1.82, 2.24) is 15.1 Å². The highest BCUT2D eigenvalue weighted by Gasteiger charge is 2.18. The first kappa shape index (κ1) is 13.9. The lowest BCUT2D eigenvalue weighted by molar-refractivity contribution is 0.408. The van der Waals surface area contributed by atoms with Crippen LogP contribution < -0.4 is 5.32 Å². The van der Waals surface area contributed by atoms with Crippen LogP contribution in [0, 0.1) is 0 Å². The molecule has 0 saturated heterocycles. The maximum atomic E-state index is 5.59. The van der Waals surface area contributed by atoms with Crippen LogP contribution in [0.5, 0.6) is 0 Å². The van der Waals surface area contributed by atoms with E-state index in [1.165, 1.54) is 10.9 Å². The van der Waals surface area contributed by atoms with E-state index in [0.717, 1.165) is 30.8 Å². The highest BCUT2D eigenvalue weighted by molar-refractivity contribution is 5.81. The SMILES string of the molecule is CCCNC(Cc1nn(C)c2ccccc12)c1ccco1. The van der Waals surface area contributed by atoms with E-state index in [1.807, 2.05) is 29.9 Å². The Kier molecular flexibility index (Phi) is 4.06. The highest BCUT2D eigenvalue weighted by Crippen LogP contribution is 2.24. The molecule has 0 fully saturated rings. The number of hydrogen-bond donors (Lipinski definition) is 1. The van der Waals surface area contributed by atoms with E-state index in [0.29, 0.717) is 0 Å². The van der Waals surface area contributed by atoms with Gasteiger partial charge in [-0.15, -0.1) is 0 Å². The monoisotopic (exact) mass is 283 g/mol. The smallest absolute Gasteiger partial charge is 0.121 e. The summed E-state index contributed by atoms with van der Waals surface area (Å²) in [7, 11) is 1.99. The van der Waals surface area contributed by atoms with Crippen molar-refractivity contribution in [2.75, 3.05) is 6.54 Å². The first-order valence-corrected chi connectivity index (χ1v) is 7.47. The minimum absolute atomic E-state index is 0.165. The maximum Gasteiger partial charge on any atom is 0.121 e. The molecule has 1 atom stereocenters. The molecule has 0 saturated carbocycles. The van der Waals surface area contributed by atoms with Crippen molar-refractivity contribution in [2.45, 2.75) is 25.8 Å². The average molecular weight is 283 g/mol. The van der Waals surface area contributed by atoms with Gasteiger partial charge in [-0.25, -0.2) is 0 Å². The standard InChI is InChI=1S/C17H21N3O/c1-3-10-18-15(17-9-6-11-21-17)12-14-13-7-4-5-8-16(13)20(2)19-14/h4-9,11,15,18H,3,10,12H2,1-2H3. The number of aryl methyl sites for hydroxylation is 1. The van der Waals surface area contributed by atoms with Gasteiger partial charge in [0.1, 0.15) is 5.76 Å². The van der Waals surface area contributed by atoms with E-state index in [9.17, 15) is 0 Å². The normalized spacial score (nSPS) is 12.9. The number of hydrogen-bond acceptors (Lipinski definition) is 3. The zero-order valence-electron chi connectivity index (χ0n) is 12.5. The first-order chi connectivity index (χ1) is 10.3. The number of aromatic nitrogens is 2. The van der Waals surface area contributed by atoms with Crippen molar-refractivity contribution >= 4 is 10.9 Å². The van der Waals surface area contributed by atoms with Gasteiger partial charge in [-0.1, -0.05) is 25.1 Å². The molecule has 110 valence electrons. The summed E-state index contributed by atoms with van der Waals surface area (Å²) >= 11 is 0. The molecule has 2 heterocycles. The van der Waals surface area contributed by atoms with E-state index in [1.54, 1.807) is 6.26 Å². The number of furan rings is 1. The van der Waals surface area contributed by atoms with Gasteiger partial charge in [0.25, 0.3) is 0 Å². The predicted molar refractivity (Wildman–Crippen MR) is 84.2 cm³/mol. The molecule has 1 unspecified atom stereocenters. The van der Waals surface area contributed by atoms with Crippen molar-refractivity contribution in [3.8, 4) is 0 Å². The van der Waals surface area contributed by atoms with Gasteiger partial charge in [0.15, 0.2) is 0 Å². The predicted octanol–water partition coefficient (Wildman–Crippen LogP) is 3.45. The molecule has 0 spiro atoms. The number of nitrogens with one attached hydrogen (secondary N) is 1. The van der Waals surface area contributed by atoms with Crippen LogP contribution >= 0.6 is 0 Å². The van der Waals surface area contributed by atoms with Gasteiger partial charge in [0.05, 0.1) is 23.5 Å². The average Bonchev–Trinajstić information content (AvgIpc) is 3.13. The van der Waals surface area contributed by atoms with Crippen molar-refractivity contribution in [2.24, 2.45) is 7.05 Å². The third kappa shape index (κ3) is 2.85. The van der Waals surface area contributed by atoms with E-state index in [2.05, 4.69) is 35.5 Å². The Morgan fingerprint density at radius 3 is 2.86 bits per heavy atom. The van der Waals surface area contributed by atoms with Crippen molar-refractivity contribution < 1.29 is 4.42 Å². The minimum Gasteiger partial charge on any atom is -0.468 e. The van der Waals surface area contributed by atoms with Gasteiger partial charge in [0, 0.05) is 18.9 Å². The van der Waals surface area contributed by atoms with Crippen LogP contribution in [0.1, 0.15) is 30.8 Å². The van der Waals surface area contributed by atoms with E-state index < -0.39 is 0 Å². The quantitative estimate of drug-likeness (QED) is 0.753. The Morgan fingerprint density at radius 1 is 1.24 bits per heavy atom. The van der Waals surface area contributed by atoms with Crippen LogP contribution in [-0.2, 0) is 13.5 Å². The minimum atomic E-state index is 0.165. The Hall–Kier alpha value is -2.07. The number of benzene rings is 1. The fraction of sp³-hybridized carbons (Fsp3) is 0.353. The molecule has 0 bridgehead atoms. The van der Waals surface area contributed by atoms with Gasteiger partial charge in [-0.2, -0.15) is 5.10 Å². The third-order valence-corrected chi connectivity index (χ3v) is 3.76. The van der Waals surface area contributed by atoms with E-state index in [-0.39, 0.29) is 6.04 Å². The summed E-state index contributed by atoms with van der Waals surface area (Å²) in [6.45, 7) is 3.14. The second kappa shape index (κ2) is 6.14. The summed E-state index contributed by atoms with van der Waals surface area (Å²) in [5.41, 5.74) is 2.28. The lowest BCUT2D eigenvalue weighted by Gasteiger charge is -2.15. The van der Waals surface area contributed by atoms with Crippen LogP contribution in [0.2, 0.25) is 0 Å². The van der Waals surface area contributed by atoms with Crippen LogP contribution in [0.4, 0.5) is 0 Å². The largest absolute Gasteiger partial charge is 0.468 e. The topological polar surface area (TPSA) is 43.0 Å². The van der Waals surface area contributed by atoms with E-state index in [4.69, 9.17) is 4.42 Å². The van der Waals surface area contributed by atoms with Gasteiger partial charge in [0.2, 0.25) is 0 Å². The lowest BCUT2D eigenvalue weighted by atomic mass is 10.1. The summed E-state index contributed by atoms with van der Waals surface area (Å²) in [6, 6.07) is 12.5. The molecule has 0 aliphatic rings. The Bertz CT molecular complexity index is 700. The molecular formula is C17H21N3O. The Morgan fingerprint density at radius 2 is 2.10 bits per heavy atom. The van der Waals surface area contributed by atoms with Gasteiger partial charge >= 0.3 is 0 Å². The number of rotatable bonds is 6. The van der Waals surface area contributed by atoms with Crippen molar-refractivity contribution in [1.29, 1.82) is 0 Å². The summed E-state index contributed by atoms with van der Waals surface area (Å²) in [5.74, 6) is 0.971. The fourth-order valence-electron chi connectivity index (χ4n) is 2.71. The highest BCUT2D eigenvalue weighted by atomic mass is 16.3. The molecule has 4 nitrogen and oxygen atoms in total. The third-order valence-electron chi connectivity index (χ3n) is 3.76. The number of nitrogens with zero attached hydrogens (tertiary/aromatic N) is 2. The molecule has 0 radical (unpaired) electrons. The van der Waals surface area contributed by atoms with Crippen LogP contribution in [0.3, 0.4) is 0 Å². The molecule has 3 aromatic rings. The fourth-order valence-corrected chi connectivity index (χ4v) is 2.71. The molecule has 2 aromatic heterocycles. The number of para-hydroxylation sites is 1. The molecule has 1 N–H and O–H groups in total. The second-order valence-electron chi connectivity index (χ2n) is 5.31. The van der Waals surface area contributed by atoms with Gasteiger partial charge in [-0.05, 0) is 31.2 Å². The molecule has 21 heavy (non-hydrogen) atoms. The van der Waals surface area contributed by atoms with Crippen LogP contribution in [0.15, 0.2) is 47.1 Å². The molecule has 0 aliphatic carbocycles. The maximum absolute atomic E-state index is 5.59. The van der Waals surface area contributed by atoms with E-state index >= 15 is 0 Å². The summed E-state index contributed by atoms with van der Waals surface area (Å²) in [4.78, 5) is 0. The van der Waals surface area contributed by atoms with Gasteiger partial charge < -0.3 is 9.73 Å². The second-order valence-corrected chi connectivity index (χ2v) is 5.31. The summed E-state index contributed by atoms with van der Waals surface area (Å²) in [5, 5.41) is 9.45. The first-order valence-electron chi connectivity index (χ1n) is 7.47. The summed E-state index contributed by atoms with van der Waals surface area (Å²) < 4.78 is 7.53. The Balaban J connectivity index is 1.90. The zero-order chi connectivity index (χ0) is 14.7. The lowest BCUT2D eigenvalue weighted by Crippen LogP contribution is -2.24. The van der Waals surface area contributed by atoms with Crippen LogP contribution in [0.25, 0.3) is 10.9 Å². The van der Waals surface area contributed by atoms with Crippen molar-refractivity contribution in [3.05, 3.63) is 54.1 Å². The van der Waals surface area contributed by atoms with Crippen LogP contribution in [-0.4, -0.2) is 16.3 Å². The summed E-state index contributed by atoms with van der Waals surface area (Å²) in [6.07, 6.45) is 3.65. The van der Waals surface area contributed by atoms with Crippen molar-refractivity contribution in [3.63, 3.8) is 0 Å². The van der Waals surface area contributed by atoms with Gasteiger partial charge in [-0.3, -0.25) is 4.68 Å².